The van der Waals surface area contributed by atoms with Crippen LogP contribution in [-0.2, 0) is 9.59 Å². The average Bonchev–Trinajstić information content (AvgIpc) is 2.62. The first-order valence-corrected chi connectivity index (χ1v) is 6.14. The zero-order valence-electron chi connectivity index (χ0n) is 10.7. The predicted octanol–water partition coefficient (Wildman–Crippen LogP) is 0.457. The number of rotatable bonds is 5. The van der Waals surface area contributed by atoms with Gasteiger partial charge in [0.2, 0.25) is 5.91 Å². The first kappa shape index (κ1) is 14.0. The van der Waals surface area contributed by atoms with Crippen molar-refractivity contribution in [2.45, 2.75) is 33.2 Å². The van der Waals surface area contributed by atoms with Crippen LogP contribution in [0.2, 0.25) is 0 Å². The molecule has 1 heterocycles. The van der Waals surface area contributed by atoms with E-state index in [4.69, 9.17) is 5.11 Å². The topological polar surface area (TPSA) is 78.4 Å². The summed E-state index contributed by atoms with van der Waals surface area (Å²) in [5, 5.41) is 14.8. The average molecular weight is 242 g/mol. The minimum atomic E-state index is -0.874. The summed E-state index contributed by atoms with van der Waals surface area (Å²) in [4.78, 5) is 22.7. The third-order valence-corrected chi connectivity index (χ3v) is 3.38. The van der Waals surface area contributed by atoms with Gasteiger partial charge in [-0.2, -0.15) is 0 Å². The maximum absolute atomic E-state index is 12.0. The molecule has 0 aromatic carbocycles. The minimum Gasteiger partial charge on any atom is -0.481 e. The smallest absolute Gasteiger partial charge is 0.305 e. The number of carboxylic acid groups (broad SMARTS) is 1. The number of amides is 1. The maximum atomic E-state index is 12.0. The molecule has 0 aliphatic carbocycles. The summed E-state index contributed by atoms with van der Waals surface area (Å²) in [6.45, 7) is 7.41. The molecule has 1 amide bonds. The van der Waals surface area contributed by atoms with Crippen LogP contribution in [0, 0.1) is 17.8 Å². The number of nitrogens with one attached hydrogen (secondary N) is 2. The number of hydrogen-bond donors (Lipinski definition) is 3. The van der Waals surface area contributed by atoms with E-state index in [1.807, 2.05) is 20.8 Å². The van der Waals surface area contributed by atoms with E-state index in [-0.39, 0.29) is 30.2 Å². The Kier molecular flexibility index (Phi) is 4.93. The molecule has 98 valence electrons. The van der Waals surface area contributed by atoms with Crippen molar-refractivity contribution in [1.29, 1.82) is 0 Å². The molecule has 17 heavy (non-hydrogen) atoms. The monoisotopic (exact) mass is 242 g/mol. The summed E-state index contributed by atoms with van der Waals surface area (Å²) >= 11 is 0. The minimum absolute atomic E-state index is 0.0159. The highest BCUT2D eigenvalue weighted by atomic mass is 16.4. The van der Waals surface area contributed by atoms with Crippen LogP contribution < -0.4 is 10.6 Å². The molecule has 1 saturated heterocycles. The summed E-state index contributed by atoms with van der Waals surface area (Å²) in [6, 6.07) is -0.284. The van der Waals surface area contributed by atoms with Crippen LogP contribution in [0.25, 0.3) is 0 Å². The first-order chi connectivity index (χ1) is 7.91. The second-order valence-corrected chi connectivity index (χ2v) is 5.20. The molecule has 3 N–H and O–H groups in total. The fourth-order valence-corrected chi connectivity index (χ4v) is 2.09. The van der Waals surface area contributed by atoms with Crippen LogP contribution >= 0.6 is 0 Å². The molecule has 0 aromatic heterocycles. The fraction of sp³-hybridized carbons (Fsp3) is 0.833. The number of carbonyl (C=O) groups is 2. The van der Waals surface area contributed by atoms with Crippen molar-refractivity contribution in [3.63, 3.8) is 0 Å². The Morgan fingerprint density at radius 1 is 1.41 bits per heavy atom. The lowest BCUT2D eigenvalue weighted by Crippen LogP contribution is -2.44. The van der Waals surface area contributed by atoms with Gasteiger partial charge in [0.1, 0.15) is 0 Å². The lowest BCUT2D eigenvalue weighted by molar-refractivity contribution is -0.138. The van der Waals surface area contributed by atoms with Gasteiger partial charge in [-0.3, -0.25) is 9.59 Å². The van der Waals surface area contributed by atoms with Crippen molar-refractivity contribution in [3.8, 4) is 0 Å². The molecule has 5 heteroatoms. The first-order valence-electron chi connectivity index (χ1n) is 6.14. The van der Waals surface area contributed by atoms with E-state index in [1.54, 1.807) is 0 Å². The molecule has 3 atom stereocenters. The lowest BCUT2D eigenvalue weighted by atomic mass is 9.95. The maximum Gasteiger partial charge on any atom is 0.305 e. The number of carbonyl (C=O) groups excluding carboxylic acids is 1. The van der Waals surface area contributed by atoms with E-state index < -0.39 is 5.97 Å². The Balaban J connectivity index is 2.54. The van der Waals surface area contributed by atoms with Crippen molar-refractivity contribution in [1.82, 2.24) is 10.6 Å². The second kappa shape index (κ2) is 6.00. The van der Waals surface area contributed by atoms with E-state index in [9.17, 15) is 9.59 Å². The molecule has 0 radical (unpaired) electrons. The van der Waals surface area contributed by atoms with Crippen LogP contribution in [0.4, 0.5) is 0 Å². The second-order valence-electron chi connectivity index (χ2n) is 5.20. The molecular weight excluding hydrogens is 220 g/mol. The third-order valence-electron chi connectivity index (χ3n) is 3.38. The van der Waals surface area contributed by atoms with Gasteiger partial charge < -0.3 is 15.7 Å². The van der Waals surface area contributed by atoms with E-state index >= 15 is 0 Å². The highest BCUT2D eigenvalue weighted by molar-refractivity contribution is 5.80. The number of aliphatic carboxylic acids is 1. The zero-order chi connectivity index (χ0) is 13.0. The van der Waals surface area contributed by atoms with Gasteiger partial charge in [-0.05, 0) is 18.4 Å². The molecule has 0 spiro atoms. The van der Waals surface area contributed by atoms with Gasteiger partial charge in [-0.25, -0.2) is 0 Å². The summed E-state index contributed by atoms with van der Waals surface area (Å²) < 4.78 is 0. The van der Waals surface area contributed by atoms with Crippen molar-refractivity contribution >= 4 is 11.9 Å². The standard InChI is InChI=1S/C12H22N2O3/c1-7(2)10(4-11(15)16)14-12(17)9-6-13-5-8(9)3/h7-10,13H,4-6H2,1-3H3,(H,14,17)(H,15,16). The van der Waals surface area contributed by atoms with E-state index in [0.29, 0.717) is 12.5 Å². The SMILES string of the molecule is CC(C)C(CC(=O)O)NC(=O)C1CNCC1C. The lowest BCUT2D eigenvalue weighted by Gasteiger charge is -2.23. The van der Waals surface area contributed by atoms with Crippen LogP contribution in [0.3, 0.4) is 0 Å². The molecule has 5 nitrogen and oxygen atoms in total. The van der Waals surface area contributed by atoms with Gasteiger partial charge in [0.15, 0.2) is 0 Å². The van der Waals surface area contributed by atoms with Crippen LogP contribution in [0.1, 0.15) is 27.2 Å². The van der Waals surface area contributed by atoms with E-state index in [2.05, 4.69) is 10.6 Å². The Hall–Kier alpha value is -1.10. The zero-order valence-corrected chi connectivity index (χ0v) is 10.7. The van der Waals surface area contributed by atoms with Crippen molar-refractivity contribution < 1.29 is 14.7 Å². The third kappa shape index (κ3) is 4.00. The Bertz CT molecular complexity index is 291. The predicted molar refractivity (Wildman–Crippen MR) is 64.5 cm³/mol. The van der Waals surface area contributed by atoms with Crippen molar-refractivity contribution in [3.05, 3.63) is 0 Å². The van der Waals surface area contributed by atoms with Crippen LogP contribution in [0.15, 0.2) is 0 Å². The van der Waals surface area contributed by atoms with Gasteiger partial charge in [-0.1, -0.05) is 20.8 Å². The normalized spacial score (nSPS) is 25.9. The highest BCUT2D eigenvalue weighted by Crippen LogP contribution is 2.17. The number of hydrogen-bond acceptors (Lipinski definition) is 3. The Morgan fingerprint density at radius 3 is 2.47 bits per heavy atom. The van der Waals surface area contributed by atoms with Crippen LogP contribution in [0.5, 0.6) is 0 Å². The summed E-state index contributed by atoms with van der Waals surface area (Å²) in [5.41, 5.74) is 0. The van der Waals surface area contributed by atoms with Crippen molar-refractivity contribution in [2.75, 3.05) is 13.1 Å². The van der Waals surface area contributed by atoms with Gasteiger partial charge >= 0.3 is 5.97 Å². The number of carboxylic acids is 1. The fourth-order valence-electron chi connectivity index (χ4n) is 2.09. The Labute approximate surface area is 102 Å². The molecule has 0 aromatic rings. The van der Waals surface area contributed by atoms with E-state index in [0.717, 1.165) is 6.54 Å². The van der Waals surface area contributed by atoms with Crippen molar-refractivity contribution in [2.24, 2.45) is 17.8 Å². The molecule has 0 bridgehead atoms. The molecule has 3 unspecified atom stereocenters. The quantitative estimate of drug-likeness (QED) is 0.654. The highest BCUT2D eigenvalue weighted by Gasteiger charge is 2.31. The van der Waals surface area contributed by atoms with Gasteiger partial charge in [0, 0.05) is 12.6 Å². The summed E-state index contributed by atoms with van der Waals surface area (Å²) in [7, 11) is 0. The molecule has 1 aliphatic rings. The van der Waals surface area contributed by atoms with Gasteiger partial charge in [-0.15, -0.1) is 0 Å². The molecule has 1 aliphatic heterocycles. The summed E-state index contributed by atoms with van der Waals surface area (Å²) in [5.74, 6) is -0.499. The van der Waals surface area contributed by atoms with Gasteiger partial charge in [0.05, 0.1) is 12.3 Å². The van der Waals surface area contributed by atoms with Crippen LogP contribution in [-0.4, -0.2) is 36.1 Å². The molecule has 0 saturated carbocycles. The van der Waals surface area contributed by atoms with E-state index in [1.165, 1.54) is 0 Å². The molecular formula is C12H22N2O3. The van der Waals surface area contributed by atoms with Gasteiger partial charge in [0.25, 0.3) is 0 Å². The Morgan fingerprint density at radius 2 is 2.06 bits per heavy atom. The largest absolute Gasteiger partial charge is 0.481 e. The summed E-state index contributed by atoms with van der Waals surface area (Å²) in [6.07, 6.45) is -0.0159. The molecule has 1 fully saturated rings. The molecule has 1 rings (SSSR count).